The Morgan fingerprint density at radius 1 is 1.28 bits per heavy atom. The van der Waals surface area contributed by atoms with Crippen LogP contribution in [0.2, 0.25) is 0 Å². The molecule has 94 valence electrons. The molecule has 0 radical (unpaired) electrons. The summed E-state index contributed by atoms with van der Waals surface area (Å²) in [5.74, 6) is 1.20. The Labute approximate surface area is 121 Å². The van der Waals surface area contributed by atoms with Gasteiger partial charge in [0, 0.05) is 21.3 Å². The summed E-state index contributed by atoms with van der Waals surface area (Å²) in [6, 6.07) is 7.99. The molecule has 4 heteroatoms. The monoisotopic (exact) mass is 322 g/mol. The maximum Gasteiger partial charge on any atom is 0.140 e. The van der Waals surface area contributed by atoms with Gasteiger partial charge in [-0.05, 0) is 18.9 Å². The Bertz CT molecular complexity index is 632. The van der Waals surface area contributed by atoms with E-state index in [1.54, 1.807) is 0 Å². The molecule has 0 saturated heterocycles. The lowest BCUT2D eigenvalue weighted by Gasteiger charge is -2.12. The molecule has 2 aromatic rings. The summed E-state index contributed by atoms with van der Waals surface area (Å²) in [6.45, 7) is 6.31. The number of aromatic amines is 1. The summed E-state index contributed by atoms with van der Waals surface area (Å²) in [4.78, 5) is 7.86. The molecule has 1 aromatic heterocycles. The third-order valence-electron chi connectivity index (χ3n) is 2.86. The Kier molecular flexibility index (Phi) is 3.97. The van der Waals surface area contributed by atoms with Crippen LogP contribution < -0.4 is 0 Å². The lowest BCUT2D eigenvalue weighted by atomic mass is 10.0. The van der Waals surface area contributed by atoms with Crippen LogP contribution >= 0.6 is 28.1 Å². The van der Waals surface area contributed by atoms with E-state index in [1.165, 1.54) is 0 Å². The second-order valence-electron chi connectivity index (χ2n) is 4.56. The zero-order valence-corrected chi connectivity index (χ0v) is 13.0. The van der Waals surface area contributed by atoms with Crippen molar-refractivity contribution in [2.75, 3.05) is 0 Å². The Morgan fingerprint density at radius 3 is 2.50 bits per heavy atom. The highest BCUT2D eigenvalue weighted by Crippen LogP contribution is 2.27. The average molecular weight is 323 g/mol. The first-order valence-corrected chi connectivity index (χ1v) is 7.06. The fourth-order valence-corrected chi connectivity index (χ4v) is 3.01. The molecular formula is C14H15BrN2S. The molecule has 0 unspecified atom stereocenters. The van der Waals surface area contributed by atoms with Crippen LogP contribution in [0, 0.1) is 11.6 Å². The van der Waals surface area contributed by atoms with Crippen LogP contribution in [0.5, 0.6) is 0 Å². The van der Waals surface area contributed by atoms with E-state index in [-0.39, 0.29) is 0 Å². The van der Waals surface area contributed by atoms with Gasteiger partial charge in [0.2, 0.25) is 0 Å². The second kappa shape index (κ2) is 5.33. The number of nitrogens with one attached hydrogen (secondary N) is 1. The van der Waals surface area contributed by atoms with Gasteiger partial charge in [0.25, 0.3) is 0 Å². The van der Waals surface area contributed by atoms with Gasteiger partial charge in [0.1, 0.15) is 10.5 Å². The molecule has 1 aromatic carbocycles. The van der Waals surface area contributed by atoms with Gasteiger partial charge in [-0.15, -0.1) is 0 Å². The minimum absolute atomic E-state index is 0.384. The molecule has 1 N–H and O–H groups in total. The quantitative estimate of drug-likeness (QED) is 0.788. The number of aryl methyl sites for hydroxylation is 1. The molecular weight excluding hydrogens is 308 g/mol. The third-order valence-corrected chi connectivity index (χ3v) is 3.86. The smallest absolute Gasteiger partial charge is 0.140 e. The summed E-state index contributed by atoms with van der Waals surface area (Å²) in [7, 11) is 0. The Hall–Kier alpha value is -1.00. The number of halogens is 1. The van der Waals surface area contributed by atoms with E-state index in [0.717, 1.165) is 27.1 Å². The van der Waals surface area contributed by atoms with E-state index in [0.29, 0.717) is 10.6 Å². The van der Waals surface area contributed by atoms with E-state index in [4.69, 9.17) is 12.2 Å². The van der Waals surface area contributed by atoms with Crippen LogP contribution in [0.4, 0.5) is 0 Å². The Balaban J connectivity index is 2.63. The fraction of sp³-hybridized carbons (Fsp3) is 0.286. The second-order valence-corrected chi connectivity index (χ2v) is 5.80. The van der Waals surface area contributed by atoms with E-state index in [9.17, 15) is 0 Å². The van der Waals surface area contributed by atoms with E-state index in [2.05, 4.69) is 39.7 Å². The van der Waals surface area contributed by atoms with Crippen LogP contribution in [0.3, 0.4) is 0 Å². The molecule has 0 bridgehead atoms. The first-order chi connectivity index (χ1) is 8.50. The lowest BCUT2D eigenvalue weighted by molar-refractivity contribution is 0.825. The number of benzene rings is 1. The predicted octanol–water partition coefficient (Wildman–Crippen LogP) is 5.00. The van der Waals surface area contributed by atoms with Crippen molar-refractivity contribution in [2.24, 2.45) is 0 Å². The summed E-state index contributed by atoms with van der Waals surface area (Å²) < 4.78 is 1.70. The first kappa shape index (κ1) is 13.4. The van der Waals surface area contributed by atoms with E-state index >= 15 is 0 Å². The van der Waals surface area contributed by atoms with Crippen LogP contribution in [0.15, 0.2) is 28.7 Å². The number of aromatic nitrogens is 2. The molecule has 0 aliphatic heterocycles. The first-order valence-electron chi connectivity index (χ1n) is 5.86. The van der Waals surface area contributed by atoms with Crippen molar-refractivity contribution in [2.45, 2.75) is 26.7 Å². The topological polar surface area (TPSA) is 28.7 Å². The van der Waals surface area contributed by atoms with E-state index in [1.807, 2.05) is 31.2 Å². The van der Waals surface area contributed by atoms with Crippen LogP contribution in [0.25, 0.3) is 11.4 Å². The van der Waals surface area contributed by atoms with Gasteiger partial charge in [-0.3, -0.25) is 0 Å². The maximum atomic E-state index is 5.40. The largest absolute Gasteiger partial charge is 0.343 e. The fourth-order valence-electron chi connectivity index (χ4n) is 2.06. The SMILES string of the molecule is Cc1[nH]c(-c2ccccc2Br)nc(=S)c1C(C)C. The highest BCUT2D eigenvalue weighted by Gasteiger charge is 2.11. The van der Waals surface area contributed by atoms with Gasteiger partial charge in [0.05, 0.1) is 0 Å². The summed E-state index contributed by atoms with van der Waals surface area (Å²) in [6.07, 6.45) is 0. The highest BCUT2D eigenvalue weighted by atomic mass is 79.9. The predicted molar refractivity (Wildman–Crippen MR) is 81.4 cm³/mol. The molecule has 0 fully saturated rings. The van der Waals surface area contributed by atoms with Gasteiger partial charge < -0.3 is 4.98 Å². The lowest BCUT2D eigenvalue weighted by Crippen LogP contribution is -2.01. The molecule has 0 amide bonds. The molecule has 0 atom stereocenters. The molecule has 0 aliphatic rings. The number of H-pyrrole nitrogens is 1. The number of nitrogens with zero attached hydrogens (tertiary/aromatic N) is 1. The zero-order valence-electron chi connectivity index (χ0n) is 10.6. The molecule has 2 rings (SSSR count). The van der Waals surface area contributed by atoms with Crippen LogP contribution in [-0.2, 0) is 0 Å². The summed E-state index contributed by atoms with van der Waals surface area (Å²) >= 11 is 8.94. The normalized spacial score (nSPS) is 10.9. The number of hydrogen-bond donors (Lipinski definition) is 1. The van der Waals surface area contributed by atoms with Gasteiger partial charge in [-0.25, -0.2) is 4.98 Å². The van der Waals surface area contributed by atoms with Crippen molar-refractivity contribution in [3.8, 4) is 11.4 Å². The highest BCUT2D eigenvalue weighted by molar-refractivity contribution is 9.10. The van der Waals surface area contributed by atoms with Gasteiger partial charge in [0.15, 0.2) is 0 Å². The zero-order chi connectivity index (χ0) is 13.3. The van der Waals surface area contributed by atoms with Gasteiger partial charge >= 0.3 is 0 Å². The van der Waals surface area contributed by atoms with Crippen molar-refractivity contribution in [3.63, 3.8) is 0 Å². The van der Waals surface area contributed by atoms with Crippen molar-refractivity contribution < 1.29 is 0 Å². The molecule has 1 heterocycles. The minimum atomic E-state index is 0.384. The van der Waals surface area contributed by atoms with Crippen molar-refractivity contribution in [3.05, 3.63) is 44.6 Å². The number of hydrogen-bond acceptors (Lipinski definition) is 2. The van der Waals surface area contributed by atoms with Crippen molar-refractivity contribution in [1.82, 2.24) is 9.97 Å². The van der Waals surface area contributed by atoms with Gasteiger partial charge in [-0.2, -0.15) is 0 Å². The molecule has 0 spiro atoms. The molecule has 18 heavy (non-hydrogen) atoms. The summed E-state index contributed by atoms with van der Waals surface area (Å²) in [5, 5.41) is 0. The van der Waals surface area contributed by atoms with Gasteiger partial charge in [-0.1, -0.05) is 60.2 Å². The Morgan fingerprint density at radius 2 is 1.94 bits per heavy atom. The minimum Gasteiger partial charge on any atom is -0.343 e. The summed E-state index contributed by atoms with van der Waals surface area (Å²) in [5.41, 5.74) is 3.25. The number of rotatable bonds is 2. The van der Waals surface area contributed by atoms with Crippen LogP contribution in [0.1, 0.15) is 31.0 Å². The molecule has 0 saturated carbocycles. The molecule has 0 aliphatic carbocycles. The standard InChI is InChI=1S/C14H15BrN2S/c1-8(2)12-9(3)16-13(17-14(12)18)10-6-4-5-7-11(10)15/h4-8H,1-3H3,(H,16,17,18). The third kappa shape index (κ3) is 2.54. The molecule has 2 nitrogen and oxygen atoms in total. The maximum absolute atomic E-state index is 5.40. The van der Waals surface area contributed by atoms with Crippen molar-refractivity contribution in [1.29, 1.82) is 0 Å². The average Bonchev–Trinajstić information content (AvgIpc) is 2.27. The van der Waals surface area contributed by atoms with E-state index < -0.39 is 0 Å². The van der Waals surface area contributed by atoms with Crippen molar-refractivity contribution >= 4 is 28.1 Å². The van der Waals surface area contributed by atoms with Crippen LogP contribution in [-0.4, -0.2) is 9.97 Å².